The summed E-state index contributed by atoms with van der Waals surface area (Å²) in [5.74, 6) is -1.14. The van der Waals surface area contributed by atoms with Crippen LogP contribution in [0.1, 0.15) is 5.56 Å². The minimum Gasteiger partial charge on any atom is -0.481 e. The minimum absolute atomic E-state index is 0.170. The molecule has 0 spiro atoms. The van der Waals surface area contributed by atoms with Crippen LogP contribution >= 0.6 is 23.4 Å². The topological polar surface area (TPSA) is 88.0 Å². The van der Waals surface area contributed by atoms with Crippen molar-refractivity contribution in [2.75, 3.05) is 5.75 Å². The van der Waals surface area contributed by atoms with Crippen LogP contribution in [0, 0.1) is 6.92 Å². The normalized spacial score (nSPS) is 10.6. The zero-order chi connectivity index (χ0) is 14.0. The molecule has 1 heterocycles. The van der Waals surface area contributed by atoms with Crippen molar-refractivity contribution in [3.63, 3.8) is 0 Å². The maximum atomic E-state index is 11.8. The SMILES string of the molecule is Cc1cc(Cl)ccc1-n1c(SCC(=O)O)n[nH]c1=O. The number of nitrogens with one attached hydrogen (secondary N) is 1. The molecular formula is C11H10ClN3O3S. The lowest BCUT2D eigenvalue weighted by atomic mass is 10.2. The fourth-order valence-electron chi connectivity index (χ4n) is 1.59. The predicted octanol–water partition coefficient (Wildman–Crippen LogP) is 1.70. The first-order chi connectivity index (χ1) is 8.99. The highest BCUT2D eigenvalue weighted by Gasteiger charge is 2.14. The molecule has 8 heteroatoms. The first-order valence-corrected chi connectivity index (χ1v) is 6.64. The number of carboxylic acid groups (broad SMARTS) is 1. The van der Waals surface area contributed by atoms with Crippen LogP contribution < -0.4 is 5.69 Å². The van der Waals surface area contributed by atoms with Crippen LogP contribution in [-0.4, -0.2) is 31.6 Å². The van der Waals surface area contributed by atoms with E-state index in [2.05, 4.69) is 10.2 Å². The molecule has 1 aromatic heterocycles. The van der Waals surface area contributed by atoms with Gasteiger partial charge in [-0.25, -0.2) is 14.5 Å². The fourth-order valence-corrected chi connectivity index (χ4v) is 2.49. The maximum absolute atomic E-state index is 11.8. The van der Waals surface area contributed by atoms with Crippen molar-refractivity contribution in [3.05, 3.63) is 39.3 Å². The second kappa shape index (κ2) is 5.50. The van der Waals surface area contributed by atoms with Crippen LogP contribution in [0.5, 0.6) is 0 Å². The van der Waals surface area contributed by atoms with Gasteiger partial charge in [0.25, 0.3) is 0 Å². The molecule has 0 fully saturated rings. The van der Waals surface area contributed by atoms with Gasteiger partial charge >= 0.3 is 11.7 Å². The van der Waals surface area contributed by atoms with Gasteiger partial charge in [-0.3, -0.25) is 4.79 Å². The van der Waals surface area contributed by atoms with Crippen molar-refractivity contribution in [1.82, 2.24) is 14.8 Å². The van der Waals surface area contributed by atoms with Gasteiger partial charge in [0.05, 0.1) is 11.4 Å². The number of carbonyl (C=O) groups is 1. The number of aromatic nitrogens is 3. The summed E-state index contributed by atoms with van der Waals surface area (Å²) < 4.78 is 1.33. The van der Waals surface area contributed by atoms with E-state index in [9.17, 15) is 9.59 Å². The van der Waals surface area contributed by atoms with E-state index in [0.717, 1.165) is 17.3 Å². The van der Waals surface area contributed by atoms with E-state index in [-0.39, 0.29) is 5.75 Å². The largest absolute Gasteiger partial charge is 0.481 e. The van der Waals surface area contributed by atoms with Gasteiger partial charge in [0.1, 0.15) is 0 Å². The number of hydrogen-bond acceptors (Lipinski definition) is 4. The molecule has 0 atom stereocenters. The Bertz CT molecular complexity index is 680. The lowest BCUT2D eigenvalue weighted by molar-refractivity contribution is -0.133. The van der Waals surface area contributed by atoms with Crippen LogP contribution in [0.3, 0.4) is 0 Å². The number of nitrogens with zero attached hydrogens (tertiary/aromatic N) is 2. The van der Waals surface area contributed by atoms with Crippen LogP contribution in [0.2, 0.25) is 5.02 Å². The summed E-state index contributed by atoms with van der Waals surface area (Å²) in [6.45, 7) is 1.81. The Morgan fingerprint density at radius 3 is 2.95 bits per heavy atom. The number of halogens is 1. The number of rotatable bonds is 4. The molecule has 2 rings (SSSR count). The van der Waals surface area contributed by atoms with E-state index >= 15 is 0 Å². The van der Waals surface area contributed by atoms with Gasteiger partial charge in [-0.15, -0.1) is 5.10 Å². The second-order valence-corrected chi connectivity index (χ2v) is 5.14. The third kappa shape index (κ3) is 2.99. The van der Waals surface area contributed by atoms with E-state index in [1.54, 1.807) is 18.2 Å². The first-order valence-electron chi connectivity index (χ1n) is 5.27. The molecule has 0 amide bonds. The van der Waals surface area contributed by atoms with Crippen molar-refractivity contribution >= 4 is 29.3 Å². The smallest absolute Gasteiger partial charge is 0.348 e. The highest BCUT2D eigenvalue weighted by molar-refractivity contribution is 7.99. The Morgan fingerprint density at radius 1 is 1.58 bits per heavy atom. The van der Waals surface area contributed by atoms with E-state index in [1.807, 2.05) is 6.92 Å². The number of aromatic amines is 1. The Kier molecular flexibility index (Phi) is 3.96. The van der Waals surface area contributed by atoms with E-state index in [1.165, 1.54) is 4.57 Å². The molecule has 19 heavy (non-hydrogen) atoms. The highest BCUT2D eigenvalue weighted by atomic mass is 35.5. The zero-order valence-electron chi connectivity index (χ0n) is 9.88. The van der Waals surface area contributed by atoms with Crippen LogP contribution in [0.4, 0.5) is 0 Å². The number of benzene rings is 1. The summed E-state index contributed by atoms with van der Waals surface area (Å²) in [5.41, 5.74) is 1.00. The van der Waals surface area contributed by atoms with Crippen molar-refractivity contribution in [2.45, 2.75) is 12.1 Å². The monoisotopic (exact) mass is 299 g/mol. The van der Waals surface area contributed by atoms with Crippen molar-refractivity contribution in [2.24, 2.45) is 0 Å². The van der Waals surface area contributed by atoms with Crippen molar-refractivity contribution in [1.29, 1.82) is 0 Å². The molecule has 100 valence electrons. The number of aryl methyl sites for hydroxylation is 1. The van der Waals surface area contributed by atoms with Crippen LogP contribution in [0.15, 0.2) is 28.2 Å². The summed E-state index contributed by atoms with van der Waals surface area (Å²) in [7, 11) is 0. The van der Waals surface area contributed by atoms with E-state index < -0.39 is 11.7 Å². The lowest BCUT2D eigenvalue weighted by Crippen LogP contribution is -2.16. The number of H-pyrrole nitrogens is 1. The molecular weight excluding hydrogens is 290 g/mol. The molecule has 0 aliphatic heterocycles. The van der Waals surface area contributed by atoms with Gasteiger partial charge in [-0.05, 0) is 30.7 Å². The molecule has 6 nitrogen and oxygen atoms in total. The molecule has 2 N–H and O–H groups in total. The van der Waals surface area contributed by atoms with E-state index in [0.29, 0.717) is 15.9 Å². The lowest BCUT2D eigenvalue weighted by Gasteiger charge is -2.08. The van der Waals surface area contributed by atoms with Crippen molar-refractivity contribution in [3.8, 4) is 5.69 Å². The standard InChI is InChI=1S/C11H10ClN3O3S/c1-6-4-7(12)2-3-8(6)15-10(18)13-14-11(15)19-5-9(16)17/h2-4H,5H2,1H3,(H,13,18)(H,16,17). The van der Waals surface area contributed by atoms with Gasteiger partial charge in [-0.1, -0.05) is 23.4 Å². The molecule has 0 aliphatic carbocycles. The first kappa shape index (κ1) is 13.7. The molecule has 2 aromatic rings. The summed E-state index contributed by atoms with van der Waals surface area (Å²) in [6, 6.07) is 5.08. The second-order valence-electron chi connectivity index (χ2n) is 3.76. The Morgan fingerprint density at radius 2 is 2.32 bits per heavy atom. The molecule has 0 unspecified atom stereocenters. The Hall–Kier alpha value is -1.73. The molecule has 0 aliphatic rings. The number of carboxylic acids is 1. The van der Waals surface area contributed by atoms with E-state index in [4.69, 9.17) is 16.7 Å². The van der Waals surface area contributed by atoms with Gasteiger partial charge in [0.2, 0.25) is 0 Å². The summed E-state index contributed by atoms with van der Waals surface area (Å²) in [6.07, 6.45) is 0. The van der Waals surface area contributed by atoms with Crippen LogP contribution in [0.25, 0.3) is 5.69 Å². The fraction of sp³-hybridized carbons (Fsp3) is 0.182. The number of thioether (sulfide) groups is 1. The Balaban J connectivity index is 2.46. The summed E-state index contributed by atoms with van der Waals surface area (Å²) in [5, 5.41) is 15.7. The third-order valence-corrected chi connectivity index (χ3v) is 3.52. The average Bonchev–Trinajstić information content (AvgIpc) is 2.68. The molecule has 0 saturated carbocycles. The average molecular weight is 300 g/mol. The van der Waals surface area contributed by atoms with Gasteiger partial charge in [0, 0.05) is 5.02 Å². The minimum atomic E-state index is -0.972. The van der Waals surface area contributed by atoms with Gasteiger partial charge < -0.3 is 5.11 Å². The third-order valence-electron chi connectivity index (χ3n) is 2.37. The van der Waals surface area contributed by atoms with Gasteiger partial charge in [-0.2, -0.15) is 0 Å². The molecule has 0 radical (unpaired) electrons. The number of aliphatic carboxylic acids is 1. The molecule has 0 bridgehead atoms. The zero-order valence-corrected chi connectivity index (χ0v) is 11.5. The highest BCUT2D eigenvalue weighted by Crippen LogP contribution is 2.22. The Labute approximate surface area is 117 Å². The van der Waals surface area contributed by atoms with Gasteiger partial charge in [0.15, 0.2) is 5.16 Å². The van der Waals surface area contributed by atoms with Crippen LogP contribution in [-0.2, 0) is 4.79 Å². The summed E-state index contributed by atoms with van der Waals surface area (Å²) >= 11 is 6.84. The quantitative estimate of drug-likeness (QED) is 0.839. The predicted molar refractivity (Wildman–Crippen MR) is 72.3 cm³/mol. The maximum Gasteiger partial charge on any atom is 0.348 e. The number of hydrogen-bond donors (Lipinski definition) is 2. The van der Waals surface area contributed by atoms with Crippen molar-refractivity contribution < 1.29 is 9.90 Å². The molecule has 1 aromatic carbocycles. The summed E-state index contributed by atoms with van der Waals surface area (Å²) in [4.78, 5) is 22.3. The molecule has 0 saturated heterocycles.